The topological polar surface area (TPSA) is 77.3 Å². The second-order valence-electron chi connectivity index (χ2n) is 5.34. The molecule has 2 aromatic rings. The van der Waals surface area contributed by atoms with Crippen LogP contribution >= 0.6 is 11.5 Å². The Kier molecular flexibility index (Phi) is 4.35. The molecular weight excluding hydrogens is 332 g/mol. The molecule has 6 nitrogen and oxygen atoms in total. The number of rotatable bonds is 3. The molecule has 8 heteroatoms. The molecule has 120 valence electrons. The lowest BCUT2D eigenvalue weighted by molar-refractivity contribution is 0.387. The molecule has 0 amide bonds. The number of hydrogen-bond acceptors (Lipinski definition) is 6. The summed E-state index contributed by atoms with van der Waals surface area (Å²) >= 11 is 1.31. The summed E-state index contributed by atoms with van der Waals surface area (Å²) in [6.45, 7) is 1.92. The van der Waals surface area contributed by atoms with E-state index >= 15 is 0 Å². The Hall–Kier alpha value is -1.95. The summed E-state index contributed by atoms with van der Waals surface area (Å²) in [6.07, 6.45) is 1.22. The van der Waals surface area contributed by atoms with E-state index in [2.05, 4.69) is 10.4 Å². The van der Waals surface area contributed by atoms with Crippen LogP contribution < -0.4 is 4.90 Å². The van der Waals surface area contributed by atoms with Crippen molar-refractivity contribution >= 4 is 27.4 Å². The van der Waals surface area contributed by atoms with Crippen molar-refractivity contribution in [3.05, 3.63) is 35.9 Å². The first-order chi connectivity index (χ1) is 11.0. The molecule has 1 aromatic carbocycles. The highest BCUT2D eigenvalue weighted by Gasteiger charge is 2.27. The predicted molar refractivity (Wildman–Crippen MR) is 90.9 cm³/mol. The van der Waals surface area contributed by atoms with Gasteiger partial charge >= 0.3 is 0 Å². The van der Waals surface area contributed by atoms with Gasteiger partial charge in [0.15, 0.2) is 5.82 Å². The summed E-state index contributed by atoms with van der Waals surface area (Å²) in [6, 6.07) is 12.0. The summed E-state index contributed by atoms with van der Waals surface area (Å²) in [5, 5.41) is 9.55. The average Bonchev–Trinajstić information content (AvgIpc) is 2.99. The molecule has 0 spiro atoms. The van der Waals surface area contributed by atoms with Crippen molar-refractivity contribution in [1.29, 1.82) is 5.26 Å². The van der Waals surface area contributed by atoms with Crippen LogP contribution in [0.1, 0.15) is 5.56 Å². The van der Waals surface area contributed by atoms with Gasteiger partial charge in [0, 0.05) is 26.2 Å². The molecule has 3 rings (SSSR count). The van der Waals surface area contributed by atoms with E-state index in [-0.39, 0.29) is 0 Å². The molecule has 0 bridgehead atoms. The minimum Gasteiger partial charge on any atom is -0.352 e. The van der Waals surface area contributed by atoms with Crippen molar-refractivity contribution in [2.45, 2.75) is 0 Å². The van der Waals surface area contributed by atoms with E-state index in [1.165, 1.54) is 22.1 Å². The van der Waals surface area contributed by atoms with Crippen LogP contribution in [0.2, 0.25) is 0 Å². The lowest BCUT2D eigenvalue weighted by atomic mass is 10.1. The summed E-state index contributed by atoms with van der Waals surface area (Å²) < 4.78 is 29.1. The van der Waals surface area contributed by atoms with Crippen LogP contribution in [0.3, 0.4) is 0 Å². The third kappa shape index (κ3) is 3.22. The zero-order valence-corrected chi connectivity index (χ0v) is 14.3. The minimum atomic E-state index is -3.16. The van der Waals surface area contributed by atoms with Crippen molar-refractivity contribution in [3.8, 4) is 16.5 Å². The number of aromatic nitrogens is 1. The van der Waals surface area contributed by atoms with Gasteiger partial charge in [-0.3, -0.25) is 0 Å². The molecule has 2 heterocycles. The number of anilines is 1. The number of nitrogens with zero attached hydrogens (tertiary/aromatic N) is 4. The Bertz CT molecular complexity index is 832. The molecule has 0 atom stereocenters. The van der Waals surface area contributed by atoms with E-state index < -0.39 is 10.0 Å². The maximum absolute atomic E-state index is 11.6. The SMILES string of the molecule is CS(=O)(=O)N1CCN(c2nsc(-c3ccccc3)c2C#N)CC1. The van der Waals surface area contributed by atoms with Gasteiger partial charge in [0.2, 0.25) is 10.0 Å². The Morgan fingerprint density at radius 1 is 1.17 bits per heavy atom. The summed E-state index contributed by atoms with van der Waals surface area (Å²) in [4.78, 5) is 2.84. The van der Waals surface area contributed by atoms with Gasteiger partial charge in [0.25, 0.3) is 0 Å². The van der Waals surface area contributed by atoms with Crippen molar-refractivity contribution in [1.82, 2.24) is 8.68 Å². The van der Waals surface area contributed by atoms with Gasteiger partial charge in [-0.2, -0.15) is 13.9 Å². The fraction of sp³-hybridized carbons (Fsp3) is 0.333. The van der Waals surface area contributed by atoms with Gasteiger partial charge in [-0.15, -0.1) is 0 Å². The van der Waals surface area contributed by atoms with E-state index in [9.17, 15) is 13.7 Å². The van der Waals surface area contributed by atoms with E-state index in [0.717, 1.165) is 10.4 Å². The van der Waals surface area contributed by atoms with E-state index in [1.807, 2.05) is 35.2 Å². The Balaban J connectivity index is 1.86. The van der Waals surface area contributed by atoms with Gasteiger partial charge in [-0.25, -0.2) is 8.42 Å². The minimum absolute atomic E-state index is 0.419. The van der Waals surface area contributed by atoms with Gasteiger partial charge in [0.05, 0.1) is 11.1 Å². The number of benzene rings is 1. The highest BCUT2D eigenvalue weighted by atomic mass is 32.2. The second kappa shape index (κ2) is 6.28. The van der Waals surface area contributed by atoms with Crippen LogP contribution in [0.25, 0.3) is 10.4 Å². The molecule has 1 aliphatic rings. The highest BCUT2D eigenvalue weighted by molar-refractivity contribution is 7.88. The van der Waals surface area contributed by atoms with Crippen LogP contribution in [0.4, 0.5) is 5.82 Å². The van der Waals surface area contributed by atoms with E-state index in [0.29, 0.717) is 37.6 Å². The maximum Gasteiger partial charge on any atom is 0.211 e. The molecule has 1 aromatic heterocycles. The second-order valence-corrected chi connectivity index (χ2v) is 8.09. The average molecular weight is 348 g/mol. The Morgan fingerprint density at radius 3 is 2.39 bits per heavy atom. The predicted octanol–water partition coefficient (Wildman–Crippen LogP) is 1.76. The van der Waals surface area contributed by atoms with Crippen LogP contribution in [0.5, 0.6) is 0 Å². The zero-order valence-electron chi connectivity index (χ0n) is 12.6. The Morgan fingerprint density at radius 2 is 1.83 bits per heavy atom. The maximum atomic E-state index is 11.6. The molecule has 0 N–H and O–H groups in total. The fourth-order valence-electron chi connectivity index (χ4n) is 2.62. The molecule has 23 heavy (non-hydrogen) atoms. The molecule has 1 aliphatic heterocycles. The lowest BCUT2D eigenvalue weighted by Crippen LogP contribution is -2.48. The number of hydrogen-bond donors (Lipinski definition) is 0. The quantitative estimate of drug-likeness (QED) is 0.845. The van der Waals surface area contributed by atoms with Gasteiger partial charge in [0.1, 0.15) is 11.6 Å². The first-order valence-electron chi connectivity index (χ1n) is 7.16. The Labute approximate surface area is 139 Å². The highest BCUT2D eigenvalue weighted by Crippen LogP contribution is 2.34. The van der Waals surface area contributed by atoms with Crippen LogP contribution in [-0.2, 0) is 10.0 Å². The monoisotopic (exact) mass is 348 g/mol. The van der Waals surface area contributed by atoms with Crippen molar-refractivity contribution in [3.63, 3.8) is 0 Å². The van der Waals surface area contributed by atoms with E-state index in [1.54, 1.807) is 0 Å². The third-order valence-electron chi connectivity index (χ3n) is 3.83. The van der Waals surface area contributed by atoms with Gasteiger partial charge < -0.3 is 4.90 Å². The van der Waals surface area contributed by atoms with Crippen LogP contribution in [0.15, 0.2) is 30.3 Å². The van der Waals surface area contributed by atoms with Gasteiger partial charge in [-0.1, -0.05) is 30.3 Å². The number of piperazine rings is 1. The molecule has 0 radical (unpaired) electrons. The number of sulfonamides is 1. The summed E-state index contributed by atoms with van der Waals surface area (Å²) in [5.74, 6) is 0.657. The van der Waals surface area contributed by atoms with E-state index in [4.69, 9.17) is 0 Å². The first-order valence-corrected chi connectivity index (χ1v) is 9.78. The van der Waals surface area contributed by atoms with Crippen molar-refractivity contribution in [2.24, 2.45) is 0 Å². The molecule has 0 aliphatic carbocycles. The smallest absolute Gasteiger partial charge is 0.211 e. The van der Waals surface area contributed by atoms with Crippen molar-refractivity contribution < 1.29 is 8.42 Å². The molecule has 1 fully saturated rings. The standard InChI is InChI=1S/C15H16N4O2S2/c1-23(20,21)19-9-7-18(8-10-19)15-13(11-16)14(22-17-15)12-5-3-2-4-6-12/h2-6H,7-10H2,1H3. The normalized spacial score (nSPS) is 16.3. The number of nitriles is 1. The largest absolute Gasteiger partial charge is 0.352 e. The molecule has 0 unspecified atom stereocenters. The van der Waals surface area contributed by atoms with Crippen molar-refractivity contribution in [2.75, 3.05) is 37.3 Å². The molecular formula is C15H16N4O2S2. The van der Waals surface area contributed by atoms with Gasteiger partial charge in [-0.05, 0) is 17.1 Å². The zero-order chi connectivity index (χ0) is 16.4. The third-order valence-corrected chi connectivity index (χ3v) is 6.02. The van der Waals surface area contributed by atoms with Crippen LogP contribution in [-0.4, -0.2) is 49.5 Å². The summed E-state index contributed by atoms with van der Waals surface area (Å²) in [5.41, 5.74) is 1.54. The van der Waals surface area contributed by atoms with Crippen LogP contribution in [0, 0.1) is 11.3 Å². The summed E-state index contributed by atoms with van der Waals surface area (Å²) in [7, 11) is -3.16. The first kappa shape index (κ1) is 15.9. The fourth-order valence-corrected chi connectivity index (χ4v) is 4.30. The lowest BCUT2D eigenvalue weighted by Gasteiger charge is -2.33. The molecule has 0 saturated carbocycles. The molecule has 1 saturated heterocycles.